The molecule has 0 unspecified atom stereocenters. The van der Waals surface area contributed by atoms with Gasteiger partial charge in [0.25, 0.3) is 0 Å². The van der Waals surface area contributed by atoms with Crippen LogP contribution in [0.15, 0.2) is 53.9 Å². The number of amides is 3. The third-order valence-electron chi connectivity index (χ3n) is 5.28. The molecule has 2 aromatic carbocycles. The third kappa shape index (κ3) is 6.37. The van der Waals surface area contributed by atoms with E-state index < -0.39 is 6.03 Å². The van der Waals surface area contributed by atoms with E-state index in [1.54, 1.807) is 24.3 Å². The number of halogens is 2. The van der Waals surface area contributed by atoms with Gasteiger partial charge in [0.1, 0.15) is 0 Å². The first-order valence-corrected chi connectivity index (χ1v) is 12.2. The molecule has 1 saturated heterocycles. The van der Waals surface area contributed by atoms with Crippen molar-refractivity contribution in [3.63, 3.8) is 0 Å². The lowest BCUT2D eigenvalue weighted by atomic mass is 10.2. The second kappa shape index (κ2) is 10.9. The number of para-hydroxylation sites is 1. The Labute approximate surface area is 206 Å². The van der Waals surface area contributed by atoms with E-state index in [2.05, 4.69) is 20.5 Å². The summed E-state index contributed by atoms with van der Waals surface area (Å²) in [6, 6.07) is 14.3. The maximum absolute atomic E-state index is 12.7. The van der Waals surface area contributed by atoms with E-state index in [-0.39, 0.29) is 5.91 Å². The van der Waals surface area contributed by atoms with Crippen molar-refractivity contribution in [1.82, 2.24) is 9.88 Å². The number of carbonyl (C=O) groups excluding carboxylic acids is 2. The Balaban J connectivity index is 1.22. The molecule has 0 aliphatic carbocycles. The van der Waals surface area contributed by atoms with Crippen LogP contribution in [-0.4, -0.2) is 48.0 Å². The van der Waals surface area contributed by atoms with Crippen molar-refractivity contribution in [3.05, 3.63) is 69.7 Å². The zero-order valence-corrected chi connectivity index (χ0v) is 20.1. The largest absolute Gasteiger partial charge is 0.367 e. The van der Waals surface area contributed by atoms with E-state index in [0.717, 1.165) is 29.5 Å². The number of hydrogen-bond donors (Lipinski definition) is 2. The molecule has 1 aliphatic rings. The van der Waals surface area contributed by atoms with Gasteiger partial charge in [0.05, 0.1) is 16.4 Å². The summed E-state index contributed by atoms with van der Waals surface area (Å²) < 4.78 is 0. The summed E-state index contributed by atoms with van der Waals surface area (Å²) >= 11 is 13.5. The van der Waals surface area contributed by atoms with Crippen LogP contribution >= 0.6 is 34.5 Å². The number of piperazine rings is 1. The first-order chi connectivity index (χ1) is 16.0. The van der Waals surface area contributed by atoms with Gasteiger partial charge in [-0.05, 0) is 36.8 Å². The fraction of sp³-hybridized carbons (Fsp3) is 0.261. The summed E-state index contributed by atoms with van der Waals surface area (Å²) in [6.07, 6.45) is 0.904. The maximum Gasteiger partial charge on any atom is 0.325 e. The Bertz CT molecular complexity index is 1130. The number of aromatic nitrogens is 1. The SMILES string of the molecule is O=C(Nc1cccc(Cl)c1)Nc1nc(CCC(=O)N2CCN(c3ccccc3Cl)CC2)cs1. The standard InChI is InChI=1S/C23H23Cl2N5O2S/c24-16-4-3-5-17(14-16)26-22(32)28-23-27-18(15-33-23)8-9-21(31)30-12-10-29(11-13-30)20-7-2-1-6-19(20)25/h1-7,14-15H,8-13H2,(H2,26,27,28,32). The van der Waals surface area contributed by atoms with Crippen LogP contribution in [0.2, 0.25) is 10.0 Å². The highest BCUT2D eigenvalue weighted by atomic mass is 35.5. The molecule has 0 bridgehead atoms. The average Bonchev–Trinajstić information content (AvgIpc) is 3.25. The molecule has 0 atom stereocenters. The summed E-state index contributed by atoms with van der Waals surface area (Å²) in [5, 5.41) is 9.03. The normalized spacial score (nSPS) is 13.6. The molecule has 4 rings (SSSR count). The molecule has 7 nitrogen and oxygen atoms in total. The zero-order chi connectivity index (χ0) is 23.2. The number of nitrogens with one attached hydrogen (secondary N) is 2. The van der Waals surface area contributed by atoms with E-state index in [9.17, 15) is 9.59 Å². The van der Waals surface area contributed by atoms with Gasteiger partial charge in [-0.3, -0.25) is 10.1 Å². The van der Waals surface area contributed by atoms with Crippen molar-refractivity contribution in [1.29, 1.82) is 0 Å². The molecule has 3 amide bonds. The lowest BCUT2D eigenvalue weighted by Gasteiger charge is -2.36. The molecule has 1 aromatic heterocycles. The topological polar surface area (TPSA) is 77.6 Å². The van der Waals surface area contributed by atoms with Gasteiger partial charge < -0.3 is 15.1 Å². The number of thiazole rings is 1. The molecule has 0 spiro atoms. The quantitative estimate of drug-likeness (QED) is 0.473. The van der Waals surface area contributed by atoms with Crippen molar-refractivity contribution in [3.8, 4) is 0 Å². The van der Waals surface area contributed by atoms with Gasteiger partial charge in [0.15, 0.2) is 5.13 Å². The monoisotopic (exact) mass is 503 g/mol. The van der Waals surface area contributed by atoms with E-state index in [1.807, 2.05) is 34.5 Å². The Kier molecular flexibility index (Phi) is 7.69. The number of urea groups is 1. The van der Waals surface area contributed by atoms with Crippen LogP contribution in [0.4, 0.5) is 21.3 Å². The van der Waals surface area contributed by atoms with Gasteiger partial charge in [0.2, 0.25) is 5.91 Å². The summed E-state index contributed by atoms with van der Waals surface area (Å²) in [7, 11) is 0. The first kappa shape index (κ1) is 23.4. The van der Waals surface area contributed by atoms with Gasteiger partial charge in [-0.1, -0.05) is 41.4 Å². The predicted molar refractivity (Wildman–Crippen MR) is 135 cm³/mol. The van der Waals surface area contributed by atoms with Gasteiger partial charge in [-0.15, -0.1) is 11.3 Å². The Morgan fingerprint density at radius 1 is 1.00 bits per heavy atom. The lowest BCUT2D eigenvalue weighted by Crippen LogP contribution is -2.48. The average molecular weight is 504 g/mol. The molecule has 2 heterocycles. The fourth-order valence-electron chi connectivity index (χ4n) is 3.60. The highest BCUT2D eigenvalue weighted by Crippen LogP contribution is 2.26. The summed E-state index contributed by atoms with van der Waals surface area (Å²) in [5.41, 5.74) is 2.38. The molecule has 172 valence electrons. The van der Waals surface area contributed by atoms with Crippen molar-refractivity contribution in [2.75, 3.05) is 41.7 Å². The minimum atomic E-state index is -0.398. The number of aryl methyl sites for hydroxylation is 1. The predicted octanol–water partition coefficient (Wildman–Crippen LogP) is 5.38. The first-order valence-electron chi connectivity index (χ1n) is 10.5. The molecule has 3 aromatic rings. The van der Waals surface area contributed by atoms with Crippen LogP contribution in [0.3, 0.4) is 0 Å². The number of hydrogen-bond acceptors (Lipinski definition) is 5. The molecular weight excluding hydrogens is 481 g/mol. The second-order valence-corrected chi connectivity index (χ2v) is 9.25. The smallest absolute Gasteiger partial charge is 0.325 e. The highest BCUT2D eigenvalue weighted by Gasteiger charge is 2.22. The van der Waals surface area contributed by atoms with Crippen molar-refractivity contribution in [2.24, 2.45) is 0 Å². The number of carbonyl (C=O) groups is 2. The molecule has 2 N–H and O–H groups in total. The number of benzene rings is 2. The minimum absolute atomic E-state index is 0.106. The number of nitrogens with zero attached hydrogens (tertiary/aromatic N) is 3. The summed E-state index contributed by atoms with van der Waals surface area (Å²) in [6.45, 7) is 2.83. The molecule has 1 fully saturated rings. The molecular formula is C23H23Cl2N5O2S. The van der Waals surface area contributed by atoms with Gasteiger partial charge in [0, 0.05) is 48.7 Å². The Morgan fingerprint density at radius 3 is 2.55 bits per heavy atom. The number of anilines is 3. The van der Waals surface area contributed by atoms with Crippen LogP contribution < -0.4 is 15.5 Å². The van der Waals surface area contributed by atoms with E-state index in [1.165, 1.54) is 11.3 Å². The Hall–Kier alpha value is -2.81. The van der Waals surface area contributed by atoms with E-state index in [4.69, 9.17) is 23.2 Å². The van der Waals surface area contributed by atoms with Crippen molar-refractivity contribution in [2.45, 2.75) is 12.8 Å². The summed E-state index contributed by atoms with van der Waals surface area (Å²) in [5.74, 6) is 0.106. The van der Waals surface area contributed by atoms with Crippen molar-refractivity contribution < 1.29 is 9.59 Å². The van der Waals surface area contributed by atoms with Gasteiger partial charge in [-0.2, -0.15) is 0 Å². The van der Waals surface area contributed by atoms with E-state index >= 15 is 0 Å². The molecule has 0 saturated carbocycles. The van der Waals surface area contributed by atoms with Crippen molar-refractivity contribution >= 4 is 63.0 Å². The van der Waals surface area contributed by atoms with Crippen LogP contribution in [0, 0.1) is 0 Å². The molecule has 33 heavy (non-hydrogen) atoms. The van der Waals surface area contributed by atoms with Gasteiger partial charge in [-0.25, -0.2) is 9.78 Å². The van der Waals surface area contributed by atoms with E-state index in [0.29, 0.717) is 41.8 Å². The van der Waals surface area contributed by atoms with Gasteiger partial charge >= 0.3 is 6.03 Å². The fourth-order valence-corrected chi connectivity index (χ4v) is 4.79. The highest BCUT2D eigenvalue weighted by molar-refractivity contribution is 7.13. The van der Waals surface area contributed by atoms with Crippen LogP contribution in [0.25, 0.3) is 0 Å². The second-order valence-electron chi connectivity index (χ2n) is 7.55. The lowest BCUT2D eigenvalue weighted by molar-refractivity contribution is -0.131. The van der Waals surface area contributed by atoms with Crippen LogP contribution in [0.1, 0.15) is 12.1 Å². The third-order valence-corrected chi connectivity index (χ3v) is 6.64. The van der Waals surface area contributed by atoms with Crippen LogP contribution in [0.5, 0.6) is 0 Å². The molecule has 0 radical (unpaired) electrons. The summed E-state index contributed by atoms with van der Waals surface area (Å²) in [4.78, 5) is 33.3. The minimum Gasteiger partial charge on any atom is -0.367 e. The molecule has 1 aliphatic heterocycles. The maximum atomic E-state index is 12.7. The molecule has 10 heteroatoms. The zero-order valence-electron chi connectivity index (χ0n) is 17.8. The Morgan fingerprint density at radius 2 is 1.79 bits per heavy atom. The number of rotatable bonds is 6. The van der Waals surface area contributed by atoms with Crippen LogP contribution in [-0.2, 0) is 11.2 Å².